The summed E-state index contributed by atoms with van der Waals surface area (Å²) in [7, 11) is -0.743. The van der Waals surface area contributed by atoms with Gasteiger partial charge in [-0.05, 0) is 50.2 Å². The fraction of sp³-hybridized carbons (Fsp3) is 0.250. The summed E-state index contributed by atoms with van der Waals surface area (Å²) in [5.41, 5.74) is 0.834. The number of carbonyl (C=O) groups is 3. The van der Waals surface area contributed by atoms with Crippen LogP contribution in [0.25, 0.3) is 0 Å². The summed E-state index contributed by atoms with van der Waals surface area (Å²) in [4.78, 5) is 36.5. The first-order chi connectivity index (χ1) is 13.5. The number of nitrogens with zero attached hydrogens (tertiary/aromatic N) is 1. The van der Waals surface area contributed by atoms with E-state index in [1.165, 1.54) is 67.3 Å². The molecule has 2 rings (SSSR count). The number of hydrogen-bond acceptors (Lipinski definition) is 6. The molecule has 0 aliphatic rings. The molecule has 0 bridgehead atoms. The summed E-state index contributed by atoms with van der Waals surface area (Å²) in [6.45, 7) is 2.87. The Morgan fingerprint density at radius 1 is 0.931 bits per heavy atom. The highest BCUT2D eigenvalue weighted by molar-refractivity contribution is 7.92. The highest BCUT2D eigenvalue weighted by Crippen LogP contribution is 2.18. The van der Waals surface area contributed by atoms with E-state index in [9.17, 15) is 22.8 Å². The number of ether oxygens (including phenoxy) is 1. The number of Topliss-reactive ketones (excluding diaryl/α,β-unsaturated/α-hetero) is 1. The molecule has 154 valence electrons. The van der Waals surface area contributed by atoms with Crippen molar-refractivity contribution >= 4 is 33.4 Å². The number of hydrogen-bond donors (Lipinski definition) is 1. The van der Waals surface area contributed by atoms with Gasteiger partial charge in [0.25, 0.3) is 15.9 Å². The number of amides is 1. The lowest BCUT2D eigenvalue weighted by molar-refractivity contribution is -0.137. The Hall–Kier alpha value is -3.20. The van der Waals surface area contributed by atoms with Crippen LogP contribution in [0.15, 0.2) is 53.4 Å². The predicted octanol–water partition coefficient (Wildman–Crippen LogP) is 2.32. The molecule has 0 aliphatic carbocycles. The number of benzene rings is 2. The SMILES string of the molecule is CC(=O)c1ccc(S(=O)(=O)Nc2ccc(C(=O)O[C@H](C)C(=O)N(C)C)cc2)cc1. The molecule has 0 unspecified atom stereocenters. The van der Waals surface area contributed by atoms with Crippen molar-refractivity contribution in [2.75, 3.05) is 18.8 Å². The van der Waals surface area contributed by atoms with Crippen molar-refractivity contribution in [3.63, 3.8) is 0 Å². The summed E-state index contributed by atoms with van der Waals surface area (Å²) < 4.78 is 32.4. The lowest BCUT2D eigenvalue weighted by Gasteiger charge is -2.17. The average Bonchev–Trinajstić information content (AvgIpc) is 2.67. The van der Waals surface area contributed by atoms with Crippen molar-refractivity contribution in [1.82, 2.24) is 4.90 Å². The minimum Gasteiger partial charge on any atom is -0.449 e. The van der Waals surface area contributed by atoms with Crippen molar-refractivity contribution in [2.45, 2.75) is 24.8 Å². The summed E-state index contributed by atoms with van der Waals surface area (Å²) >= 11 is 0. The third kappa shape index (κ3) is 5.64. The molecule has 0 heterocycles. The summed E-state index contributed by atoms with van der Waals surface area (Å²) in [5.74, 6) is -1.20. The first-order valence-corrected chi connectivity index (χ1v) is 10.2. The Morgan fingerprint density at radius 3 is 1.93 bits per heavy atom. The van der Waals surface area contributed by atoms with Gasteiger partial charge in [-0.3, -0.25) is 14.3 Å². The van der Waals surface area contributed by atoms with Crippen molar-refractivity contribution < 1.29 is 27.5 Å². The van der Waals surface area contributed by atoms with Gasteiger partial charge in [-0.25, -0.2) is 13.2 Å². The molecule has 2 aromatic carbocycles. The van der Waals surface area contributed by atoms with Crippen molar-refractivity contribution in [2.24, 2.45) is 0 Å². The number of likely N-dealkylation sites (N-methyl/N-ethyl adjacent to an activating group) is 1. The maximum atomic E-state index is 12.5. The standard InChI is InChI=1S/C20H22N2O6S/c1-13(23)15-7-11-18(12-8-15)29(26,27)21-17-9-5-16(6-10-17)20(25)28-14(2)19(24)22(3)4/h5-12,14,21H,1-4H3/t14-/m1/s1. The summed E-state index contributed by atoms with van der Waals surface area (Å²) in [5, 5.41) is 0. The Labute approximate surface area is 169 Å². The van der Waals surface area contributed by atoms with E-state index in [-0.39, 0.29) is 27.8 Å². The first-order valence-electron chi connectivity index (χ1n) is 8.67. The van der Waals surface area contributed by atoms with Gasteiger partial charge < -0.3 is 9.64 Å². The Balaban J connectivity index is 2.08. The average molecular weight is 418 g/mol. The van der Waals surface area contributed by atoms with E-state index in [1.807, 2.05) is 0 Å². The summed E-state index contributed by atoms with van der Waals surface area (Å²) in [6, 6.07) is 11.2. The third-order valence-corrected chi connectivity index (χ3v) is 5.41. The molecule has 0 aliphatic heterocycles. The number of carbonyl (C=O) groups excluding carboxylic acids is 3. The van der Waals surface area contributed by atoms with Crippen LogP contribution in [0, 0.1) is 0 Å². The number of rotatable bonds is 7. The van der Waals surface area contributed by atoms with Gasteiger partial charge in [-0.1, -0.05) is 12.1 Å². The molecular formula is C20H22N2O6S. The summed E-state index contributed by atoms with van der Waals surface area (Å²) in [6.07, 6.45) is -0.936. The van der Waals surface area contributed by atoms with Crippen molar-refractivity contribution in [3.8, 4) is 0 Å². The molecule has 29 heavy (non-hydrogen) atoms. The van der Waals surface area contributed by atoms with Gasteiger partial charge in [-0.15, -0.1) is 0 Å². The fourth-order valence-corrected chi connectivity index (χ4v) is 3.46. The van der Waals surface area contributed by atoms with Crippen LogP contribution in [0.5, 0.6) is 0 Å². The largest absolute Gasteiger partial charge is 0.449 e. The molecule has 1 amide bonds. The molecule has 1 atom stereocenters. The zero-order valence-electron chi connectivity index (χ0n) is 16.5. The van der Waals surface area contributed by atoms with Gasteiger partial charge in [0.15, 0.2) is 11.9 Å². The van der Waals surface area contributed by atoms with Crippen LogP contribution in [0.2, 0.25) is 0 Å². The normalized spacial score (nSPS) is 12.0. The zero-order valence-corrected chi connectivity index (χ0v) is 17.3. The Morgan fingerprint density at radius 2 is 1.45 bits per heavy atom. The molecular weight excluding hydrogens is 396 g/mol. The molecule has 2 aromatic rings. The van der Waals surface area contributed by atoms with Gasteiger partial charge in [-0.2, -0.15) is 0 Å². The van der Waals surface area contributed by atoms with Crippen LogP contribution in [-0.4, -0.2) is 51.2 Å². The van der Waals surface area contributed by atoms with E-state index in [2.05, 4.69) is 4.72 Å². The minimum atomic E-state index is -3.86. The lowest BCUT2D eigenvalue weighted by Crippen LogP contribution is -2.34. The van der Waals surface area contributed by atoms with Gasteiger partial charge in [0.2, 0.25) is 0 Å². The van der Waals surface area contributed by atoms with E-state index in [0.29, 0.717) is 5.56 Å². The second-order valence-corrected chi connectivity index (χ2v) is 8.23. The molecule has 0 spiro atoms. The molecule has 0 fully saturated rings. The zero-order chi connectivity index (χ0) is 21.8. The number of esters is 1. The quantitative estimate of drug-likeness (QED) is 0.546. The van der Waals surface area contributed by atoms with E-state index >= 15 is 0 Å². The van der Waals surface area contributed by atoms with Crippen LogP contribution >= 0.6 is 0 Å². The van der Waals surface area contributed by atoms with Crippen molar-refractivity contribution in [3.05, 3.63) is 59.7 Å². The van der Waals surface area contributed by atoms with E-state index in [4.69, 9.17) is 4.74 Å². The molecule has 8 nitrogen and oxygen atoms in total. The molecule has 0 saturated heterocycles. The Kier molecular flexibility index (Phi) is 6.76. The fourth-order valence-electron chi connectivity index (χ4n) is 2.40. The number of sulfonamides is 1. The highest BCUT2D eigenvalue weighted by atomic mass is 32.2. The van der Waals surface area contributed by atoms with Gasteiger partial charge in [0, 0.05) is 25.3 Å². The number of nitrogens with one attached hydrogen (secondary N) is 1. The second kappa shape index (κ2) is 8.87. The molecule has 0 saturated carbocycles. The topological polar surface area (TPSA) is 110 Å². The van der Waals surface area contributed by atoms with E-state index in [0.717, 1.165) is 0 Å². The van der Waals surface area contributed by atoms with Gasteiger partial charge in [0.05, 0.1) is 10.5 Å². The van der Waals surface area contributed by atoms with E-state index in [1.54, 1.807) is 14.1 Å². The minimum absolute atomic E-state index is 0.00186. The van der Waals surface area contributed by atoms with E-state index < -0.39 is 22.1 Å². The molecule has 0 aromatic heterocycles. The molecule has 9 heteroatoms. The van der Waals surface area contributed by atoms with Crippen LogP contribution in [0.4, 0.5) is 5.69 Å². The lowest BCUT2D eigenvalue weighted by atomic mass is 10.2. The first kappa shape index (κ1) is 22.1. The highest BCUT2D eigenvalue weighted by Gasteiger charge is 2.20. The smallest absolute Gasteiger partial charge is 0.338 e. The second-order valence-electron chi connectivity index (χ2n) is 6.54. The monoisotopic (exact) mass is 418 g/mol. The number of anilines is 1. The van der Waals surface area contributed by atoms with Crippen LogP contribution in [-0.2, 0) is 19.6 Å². The van der Waals surface area contributed by atoms with Crippen molar-refractivity contribution in [1.29, 1.82) is 0 Å². The predicted molar refractivity (Wildman–Crippen MR) is 107 cm³/mol. The van der Waals surface area contributed by atoms with Crippen LogP contribution in [0.1, 0.15) is 34.6 Å². The molecule has 0 radical (unpaired) electrons. The van der Waals surface area contributed by atoms with Crippen LogP contribution in [0.3, 0.4) is 0 Å². The maximum absolute atomic E-state index is 12.5. The number of ketones is 1. The van der Waals surface area contributed by atoms with Gasteiger partial charge >= 0.3 is 5.97 Å². The maximum Gasteiger partial charge on any atom is 0.338 e. The Bertz CT molecular complexity index is 1010. The third-order valence-electron chi connectivity index (χ3n) is 4.02. The van der Waals surface area contributed by atoms with Gasteiger partial charge in [0.1, 0.15) is 0 Å². The van der Waals surface area contributed by atoms with Crippen LogP contribution < -0.4 is 4.72 Å². The molecule has 1 N–H and O–H groups in total.